The summed E-state index contributed by atoms with van der Waals surface area (Å²) in [6, 6.07) is 6.76. The molecule has 1 aromatic rings. The molecule has 0 aliphatic heterocycles. The average molecular weight is 191 g/mol. The van der Waals surface area contributed by atoms with Crippen molar-refractivity contribution in [3.05, 3.63) is 34.9 Å². The van der Waals surface area contributed by atoms with E-state index in [-0.39, 0.29) is 0 Å². The Morgan fingerprint density at radius 2 is 1.93 bits per heavy atom. The Morgan fingerprint density at radius 1 is 1.21 bits per heavy atom. The van der Waals surface area contributed by atoms with Gasteiger partial charge in [-0.15, -0.1) is 0 Å². The molecule has 14 heavy (non-hydrogen) atoms. The van der Waals surface area contributed by atoms with E-state index in [4.69, 9.17) is 5.73 Å². The third-order valence-corrected chi connectivity index (χ3v) is 3.01. The van der Waals surface area contributed by atoms with Crippen molar-refractivity contribution in [2.45, 2.75) is 39.5 Å². The fourth-order valence-corrected chi connectivity index (χ4v) is 1.83. The first-order valence-electron chi connectivity index (χ1n) is 5.46. The Kier molecular flexibility index (Phi) is 4.15. The summed E-state index contributed by atoms with van der Waals surface area (Å²) in [6.07, 6.45) is 2.28. The highest BCUT2D eigenvalue weighted by Crippen LogP contribution is 2.24. The molecule has 0 aromatic heterocycles. The maximum Gasteiger partial charge on any atom is -0.00714 e. The van der Waals surface area contributed by atoms with Gasteiger partial charge in [0.2, 0.25) is 0 Å². The summed E-state index contributed by atoms with van der Waals surface area (Å²) < 4.78 is 0. The standard InChI is InChI=1S/C13H21N/c1-4-12(7-8-14)13-6-5-10(2)11(3)9-13/h5-6,9,12H,4,7-8,14H2,1-3H3. The summed E-state index contributed by atoms with van der Waals surface area (Å²) >= 11 is 0. The fourth-order valence-electron chi connectivity index (χ4n) is 1.83. The number of rotatable bonds is 4. The van der Waals surface area contributed by atoms with Crippen LogP contribution in [0.4, 0.5) is 0 Å². The minimum atomic E-state index is 0.638. The Bertz CT molecular complexity index is 291. The molecule has 78 valence electrons. The van der Waals surface area contributed by atoms with Crippen molar-refractivity contribution in [3.63, 3.8) is 0 Å². The largest absolute Gasteiger partial charge is 0.330 e. The van der Waals surface area contributed by atoms with Gasteiger partial charge in [-0.05, 0) is 55.8 Å². The Labute approximate surface area is 87.3 Å². The van der Waals surface area contributed by atoms with Crippen molar-refractivity contribution in [2.24, 2.45) is 5.73 Å². The molecule has 2 N–H and O–H groups in total. The van der Waals surface area contributed by atoms with E-state index >= 15 is 0 Å². The van der Waals surface area contributed by atoms with Crippen LogP contribution in [0.1, 0.15) is 42.4 Å². The molecule has 0 amide bonds. The van der Waals surface area contributed by atoms with Crippen LogP contribution in [0.3, 0.4) is 0 Å². The van der Waals surface area contributed by atoms with Gasteiger partial charge in [0.25, 0.3) is 0 Å². The molecule has 1 nitrogen and oxygen atoms in total. The van der Waals surface area contributed by atoms with Crippen LogP contribution >= 0.6 is 0 Å². The number of hydrogen-bond acceptors (Lipinski definition) is 1. The molecule has 0 aliphatic rings. The lowest BCUT2D eigenvalue weighted by Gasteiger charge is -2.15. The summed E-state index contributed by atoms with van der Waals surface area (Å²) in [4.78, 5) is 0. The van der Waals surface area contributed by atoms with E-state index in [0.717, 1.165) is 13.0 Å². The lowest BCUT2D eigenvalue weighted by Crippen LogP contribution is -2.07. The van der Waals surface area contributed by atoms with Gasteiger partial charge in [-0.25, -0.2) is 0 Å². The number of aryl methyl sites for hydroxylation is 2. The summed E-state index contributed by atoms with van der Waals surface area (Å²) in [5.74, 6) is 0.638. The van der Waals surface area contributed by atoms with E-state index in [2.05, 4.69) is 39.0 Å². The van der Waals surface area contributed by atoms with Crippen LogP contribution in [0.25, 0.3) is 0 Å². The van der Waals surface area contributed by atoms with Crippen LogP contribution in [0.5, 0.6) is 0 Å². The van der Waals surface area contributed by atoms with Crippen molar-refractivity contribution in [2.75, 3.05) is 6.54 Å². The predicted molar refractivity (Wildman–Crippen MR) is 62.6 cm³/mol. The predicted octanol–water partition coefficient (Wildman–Crippen LogP) is 3.15. The van der Waals surface area contributed by atoms with E-state index in [1.165, 1.54) is 23.1 Å². The highest BCUT2D eigenvalue weighted by atomic mass is 14.5. The van der Waals surface area contributed by atoms with Crippen LogP contribution in [0.15, 0.2) is 18.2 Å². The van der Waals surface area contributed by atoms with Gasteiger partial charge in [-0.1, -0.05) is 25.1 Å². The first-order valence-corrected chi connectivity index (χ1v) is 5.46. The second kappa shape index (κ2) is 5.16. The molecule has 0 fully saturated rings. The molecule has 0 spiro atoms. The molecule has 0 saturated heterocycles. The SMILES string of the molecule is CCC(CCN)c1ccc(C)c(C)c1. The third-order valence-electron chi connectivity index (χ3n) is 3.01. The quantitative estimate of drug-likeness (QED) is 0.777. The van der Waals surface area contributed by atoms with Gasteiger partial charge in [0.1, 0.15) is 0 Å². The Hall–Kier alpha value is -0.820. The maximum absolute atomic E-state index is 5.61. The summed E-state index contributed by atoms with van der Waals surface area (Å²) in [6.45, 7) is 7.35. The maximum atomic E-state index is 5.61. The third kappa shape index (κ3) is 2.58. The minimum absolute atomic E-state index is 0.638. The molecular formula is C13H21N. The van der Waals surface area contributed by atoms with Gasteiger partial charge in [0.05, 0.1) is 0 Å². The van der Waals surface area contributed by atoms with Gasteiger partial charge >= 0.3 is 0 Å². The topological polar surface area (TPSA) is 26.0 Å². The van der Waals surface area contributed by atoms with E-state index in [0.29, 0.717) is 5.92 Å². The highest BCUT2D eigenvalue weighted by molar-refractivity contribution is 5.31. The lowest BCUT2D eigenvalue weighted by atomic mass is 9.91. The van der Waals surface area contributed by atoms with Gasteiger partial charge in [0.15, 0.2) is 0 Å². The summed E-state index contributed by atoms with van der Waals surface area (Å²) in [7, 11) is 0. The molecule has 0 aliphatic carbocycles. The van der Waals surface area contributed by atoms with E-state index in [9.17, 15) is 0 Å². The molecule has 1 atom stereocenters. The molecule has 0 saturated carbocycles. The zero-order chi connectivity index (χ0) is 10.6. The highest BCUT2D eigenvalue weighted by Gasteiger charge is 2.08. The summed E-state index contributed by atoms with van der Waals surface area (Å²) in [5.41, 5.74) is 9.81. The van der Waals surface area contributed by atoms with Crippen LogP contribution < -0.4 is 5.73 Å². The van der Waals surface area contributed by atoms with Crippen LogP contribution in [0, 0.1) is 13.8 Å². The van der Waals surface area contributed by atoms with Crippen molar-refractivity contribution in [1.82, 2.24) is 0 Å². The molecule has 1 rings (SSSR count). The van der Waals surface area contributed by atoms with Crippen LogP contribution in [-0.2, 0) is 0 Å². The molecule has 1 unspecified atom stereocenters. The Morgan fingerprint density at radius 3 is 2.43 bits per heavy atom. The molecule has 0 bridgehead atoms. The van der Waals surface area contributed by atoms with Gasteiger partial charge < -0.3 is 5.73 Å². The zero-order valence-electron chi connectivity index (χ0n) is 9.51. The molecule has 0 heterocycles. The van der Waals surface area contributed by atoms with E-state index < -0.39 is 0 Å². The average Bonchev–Trinajstić information content (AvgIpc) is 2.19. The van der Waals surface area contributed by atoms with Crippen LogP contribution in [0.2, 0.25) is 0 Å². The fraction of sp³-hybridized carbons (Fsp3) is 0.538. The first-order chi connectivity index (χ1) is 6.69. The van der Waals surface area contributed by atoms with Crippen molar-refractivity contribution >= 4 is 0 Å². The monoisotopic (exact) mass is 191 g/mol. The second-order valence-electron chi connectivity index (χ2n) is 4.03. The van der Waals surface area contributed by atoms with Gasteiger partial charge in [-0.2, -0.15) is 0 Å². The number of benzene rings is 1. The van der Waals surface area contributed by atoms with Gasteiger partial charge in [-0.3, -0.25) is 0 Å². The van der Waals surface area contributed by atoms with E-state index in [1.807, 2.05) is 0 Å². The number of hydrogen-bond donors (Lipinski definition) is 1. The van der Waals surface area contributed by atoms with Gasteiger partial charge in [0, 0.05) is 0 Å². The molecule has 1 heteroatoms. The molecule has 0 radical (unpaired) electrons. The van der Waals surface area contributed by atoms with Crippen molar-refractivity contribution in [1.29, 1.82) is 0 Å². The normalized spacial score (nSPS) is 12.9. The second-order valence-corrected chi connectivity index (χ2v) is 4.03. The van der Waals surface area contributed by atoms with E-state index in [1.54, 1.807) is 0 Å². The summed E-state index contributed by atoms with van der Waals surface area (Å²) in [5, 5.41) is 0. The van der Waals surface area contributed by atoms with Crippen molar-refractivity contribution in [3.8, 4) is 0 Å². The molecule has 1 aromatic carbocycles. The minimum Gasteiger partial charge on any atom is -0.330 e. The van der Waals surface area contributed by atoms with Crippen molar-refractivity contribution < 1.29 is 0 Å². The Balaban J connectivity index is 2.88. The lowest BCUT2D eigenvalue weighted by molar-refractivity contribution is 0.614. The first kappa shape index (κ1) is 11.3. The zero-order valence-corrected chi connectivity index (χ0v) is 9.51. The number of nitrogens with two attached hydrogens (primary N) is 1. The smallest absolute Gasteiger partial charge is 0.00714 e. The molecular weight excluding hydrogens is 170 g/mol. The van der Waals surface area contributed by atoms with Crippen LogP contribution in [-0.4, -0.2) is 6.54 Å².